The van der Waals surface area contributed by atoms with Crippen molar-refractivity contribution in [2.75, 3.05) is 64.1 Å². The van der Waals surface area contributed by atoms with Gasteiger partial charge >= 0.3 is 0 Å². The third-order valence-corrected chi connectivity index (χ3v) is 9.09. The van der Waals surface area contributed by atoms with E-state index in [-0.39, 0.29) is 17.4 Å². The zero-order valence-electron chi connectivity index (χ0n) is 27.2. The molecule has 2 atom stereocenters. The normalized spacial score (nSPS) is 19.5. The zero-order valence-corrected chi connectivity index (χ0v) is 27.2. The summed E-state index contributed by atoms with van der Waals surface area (Å²) in [6.45, 7) is 7.53. The maximum absolute atomic E-state index is 15.3. The number of amides is 2. The molecule has 10 nitrogen and oxygen atoms in total. The second kappa shape index (κ2) is 14.1. The lowest BCUT2D eigenvalue weighted by Crippen LogP contribution is -2.44. The number of nitrogens with one attached hydrogen (secondary N) is 2. The number of benzene rings is 3. The number of hydrogen-bond acceptors (Lipinski definition) is 8. The van der Waals surface area contributed by atoms with Gasteiger partial charge in [0.2, 0.25) is 11.8 Å². The van der Waals surface area contributed by atoms with Crippen LogP contribution in [0.5, 0.6) is 23.0 Å². The summed E-state index contributed by atoms with van der Waals surface area (Å²) in [7, 11) is 3.70. The molecular formula is C36H39F2N5O5. The standard InChI is InChI=1S/C36H39F2N5O5/c1-23-22-36(23,34(44)40-25-7-5-24(37)6-8-25)35(45)41-26-9-10-31(28(38)19-26)48-30-11-12-39-29-21-33(32(46-3)20-27(29)30)47-18-4-13-43-16-14-42(2)15-17-43/h5-12,19-21,23H,4,13-18,22H2,1-3H3,(H,40,44)(H,41,45)/t23-,36?/m1/s1. The Kier molecular flexibility index (Phi) is 9.74. The van der Waals surface area contributed by atoms with Crippen LogP contribution in [-0.2, 0) is 9.59 Å². The Morgan fingerprint density at radius 1 is 0.896 bits per heavy atom. The van der Waals surface area contributed by atoms with Crippen molar-refractivity contribution >= 4 is 34.1 Å². The molecule has 1 saturated carbocycles. The van der Waals surface area contributed by atoms with Crippen molar-refractivity contribution in [3.05, 3.63) is 78.5 Å². The van der Waals surface area contributed by atoms with E-state index in [0.29, 0.717) is 46.9 Å². The number of halogens is 2. The molecule has 1 aliphatic heterocycles. The number of carbonyl (C=O) groups is 2. The molecule has 2 fully saturated rings. The molecular weight excluding hydrogens is 620 g/mol. The summed E-state index contributed by atoms with van der Waals surface area (Å²) in [5.41, 5.74) is -0.174. The highest BCUT2D eigenvalue weighted by molar-refractivity contribution is 6.17. The van der Waals surface area contributed by atoms with Crippen LogP contribution < -0.4 is 24.8 Å². The minimum Gasteiger partial charge on any atom is -0.493 e. The van der Waals surface area contributed by atoms with Gasteiger partial charge in [-0.05, 0) is 74.3 Å². The van der Waals surface area contributed by atoms with Gasteiger partial charge in [-0.3, -0.25) is 14.6 Å². The highest BCUT2D eigenvalue weighted by atomic mass is 19.1. The number of ether oxygens (including phenoxy) is 3. The first-order valence-electron chi connectivity index (χ1n) is 16.0. The van der Waals surface area contributed by atoms with E-state index in [1.54, 1.807) is 38.4 Å². The molecule has 2 aliphatic rings. The van der Waals surface area contributed by atoms with E-state index in [2.05, 4.69) is 32.5 Å². The second-order valence-corrected chi connectivity index (χ2v) is 12.4. The number of likely N-dealkylation sites (N-methyl/N-ethyl adjacent to an activating group) is 1. The van der Waals surface area contributed by atoms with E-state index in [4.69, 9.17) is 14.2 Å². The Morgan fingerprint density at radius 2 is 1.58 bits per heavy atom. The summed E-state index contributed by atoms with van der Waals surface area (Å²) in [6, 6.07) is 14.5. The van der Waals surface area contributed by atoms with Gasteiger partial charge in [-0.1, -0.05) is 6.92 Å². The van der Waals surface area contributed by atoms with Crippen LogP contribution in [0.3, 0.4) is 0 Å². The maximum Gasteiger partial charge on any atom is 0.240 e. The minimum absolute atomic E-state index is 0.0627. The van der Waals surface area contributed by atoms with Crippen LogP contribution in [0.4, 0.5) is 20.2 Å². The van der Waals surface area contributed by atoms with Crippen LogP contribution in [0, 0.1) is 23.0 Å². The van der Waals surface area contributed by atoms with Crippen LogP contribution in [0.1, 0.15) is 19.8 Å². The lowest BCUT2D eigenvalue weighted by Gasteiger charge is -2.32. The number of hydrogen-bond donors (Lipinski definition) is 2. The first kappa shape index (κ1) is 33.1. The first-order valence-corrected chi connectivity index (χ1v) is 16.0. The van der Waals surface area contributed by atoms with Crippen LogP contribution >= 0.6 is 0 Å². The average molecular weight is 660 g/mol. The van der Waals surface area contributed by atoms with Crippen LogP contribution in [0.25, 0.3) is 10.9 Å². The topological polar surface area (TPSA) is 105 Å². The summed E-state index contributed by atoms with van der Waals surface area (Å²) >= 11 is 0. The number of rotatable bonds is 12. The number of carbonyl (C=O) groups excluding carboxylic acids is 2. The molecule has 1 saturated heterocycles. The number of piperazine rings is 1. The Bertz CT molecular complexity index is 1800. The average Bonchev–Trinajstić information content (AvgIpc) is 3.78. The molecule has 252 valence electrons. The van der Waals surface area contributed by atoms with Crippen molar-refractivity contribution in [1.82, 2.24) is 14.8 Å². The number of nitrogens with zero attached hydrogens (tertiary/aromatic N) is 3. The van der Waals surface area contributed by atoms with Crippen LogP contribution in [0.2, 0.25) is 0 Å². The Morgan fingerprint density at radius 3 is 2.25 bits per heavy atom. The molecule has 48 heavy (non-hydrogen) atoms. The molecule has 0 radical (unpaired) electrons. The molecule has 12 heteroatoms. The predicted molar refractivity (Wildman–Crippen MR) is 179 cm³/mol. The maximum atomic E-state index is 15.3. The highest BCUT2D eigenvalue weighted by Crippen LogP contribution is 2.53. The fourth-order valence-electron chi connectivity index (χ4n) is 5.99. The lowest BCUT2D eigenvalue weighted by molar-refractivity contribution is -0.131. The van der Waals surface area contributed by atoms with Crippen molar-refractivity contribution in [2.45, 2.75) is 19.8 Å². The van der Waals surface area contributed by atoms with Crippen LogP contribution in [-0.4, -0.2) is 80.1 Å². The molecule has 0 bridgehead atoms. The molecule has 2 amide bonds. The summed E-state index contributed by atoms with van der Waals surface area (Å²) in [6.07, 6.45) is 2.78. The Hall–Kier alpha value is -4.81. The highest BCUT2D eigenvalue weighted by Gasteiger charge is 2.63. The van der Waals surface area contributed by atoms with E-state index in [1.807, 2.05) is 0 Å². The fourth-order valence-corrected chi connectivity index (χ4v) is 5.99. The van der Waals surface area contributed by atoms with Crippen molar-refractivity contribution in [2.24, 2.45) is 11.3 Å². The molecule has 1 unspecified atom stereocenters. The van der Waals surface area contributed by atoms with E-state index in [1.165, 1.54) is 36.4 Å². The molecule has 0 spiro atoms. The van der Waals surface area contributed by atoms with E-state index in [0.717, 1.165) is 45.2 Å². The SMILES string of the molecule is COc1cc2c(Oc3ccc(NC(=O)C4(C(=O)Nc5ccc(F)cc5)C[C@H]4C)cc3F)ccnc2cc1OCCCN1CCN(C)CC1. The summed E-state index contributed by atoms with van der Waals surface area (Å²) in [5.74, 6) is -1.06. The van der Waals surface area contributed by atoms with Gasteiger partial charge < -0.3 is 34.6 Å². The largest absolute Gasteiger partial charge is 0.493 e. The quantitative estimate of drug-likeness (QED) is 0.142. The second-order valence-electron chi connectivity index (χ2n) is 12.4. The Labute approximate surface area is 278 Å². The van der Waals surface area contributed by atoms with Crippen molar-refractivity contribution in [3.63, 3.8) is 0 Å². The van der Waals surface area contributed by atoms with Gasteiger partial charge in [0, 0.05) is 67.8 Å². The van der Waals surface area contributed by atoms with Gasteiger partial charge in [0.25, 0.3) is 0 Å². The third-order valence-electron chi connectivity index (χ3n) is 9.09. The molecule has 1 aromatic heterocycles. The molecule has 4 aromatic rings. The molecule has 3 aromatic carbocycles. The molecule has 6 rings (SSSR count). The lowest BCUT2D eigenvalue weighted by atomic mass is 10.0. The van der Waals surface area contributed by atoms with Gasteiger partial charge in [-0.25, -0.2) is 8.78 Å². The van der Waals surface area contributed by atoms with Crippen LogP contribution in [0.15, 0.2) is 66.9 Å². The minimum atomic E-state index is -1.32. The smallest absolute Gasteiger partial charge is 0.240 e. The van der Waals surface area contributed by atoms with E-state index in [9.17, 15) is 14.0 Å². The Balaban J connectivity index is 1.10. The number of fused-ring (bicyclic) bond motifs is 1. The fraction of sp³-hybridized carbons (Fsp3) is 0.361. The summed E-state index contributed by atoms with van der Waals surface area (Å²) < 4.78 is 46.3. The zero-order chi connectivity index (χ0) is 33.8. The summed E-state index contributed by atoms with van der Waals surface area (Å²) in [5, 5.41) is 5.96. The van der Waals surface area contributed by atoms with E-state index < -0.39 is 28.9 Å². The number of aromatic nitrogens is 1. The molecule has 2 heterocycles. The summed E-state index contributed by atoms with van der Waals surface area (Å²) in [4.78, 5) is 35.6. The molecule has 1 aliphatic carbocycles. The monoisotopic (exact) mass is 659 g/mol. The van der Waals surface area contributed by atoms with Crippen molar-refractivity contribution in [3.8, 4) is 23.0 Å². The van der Waals surface area contributed by atoms with Crippen molar-refractivity contribution < 1.29 is 32.6 Å². The van der Waals surface area contributed by atoms with Gasteiger partial charge in [-0.2, -0.15) is 0 Å². The predicted octanol–water partition coefficient (Wildman–Crippen LogP) is 5.93. The number of methoxy groups -OCH3 is 1. The van der Waals surface area contributed by atoms with Gasteiger partial charge in [0.05, 0.1) is 19.2 Å². The third kappa shape index (κ3) is 7.19. The van der Waals surface area contributed by atoms with Gasteiger partial charge in [0.15, 0.2) is 23.1 Å². The number of anilines is 2. The number of pyridine rings is 1. The first-order chi connectivity index (χ1) is 23.2. The van der Waals surface area contributed by atoms with E-state index >= 15 is 4.39 Å². The van der Waals surface area contributed by atoms with Crippen molar-refractivity contribution in [1.29, 1.82) is 0 Å². The molecule has 2 N–H and O–H groups in total. The van der Waals surface area contributed by atoms with Gasteiger partial charge in [-0.15, -0.1) is 0 Å². The van der Waals surface area contributed by atoms with Gasteiger partial charge in [0.1, 0.15) is 17.0 Å².